The fourth-order valence-corrected chi connectivity index (χ4v) is 2.76. The van der Waals surface area contributed by atoms with E-state index in [0.29, 0.717) is 5.56 Å². The maximum atomic E-state index is 12.5. The number of nitrogens with one attached hydrogen (secondary N) is 3. The highest BCUT2D eigenvalue weighted by Crippen LogP contribution is 2.10. The molecule has 3 N–H and O–H groups in total. The number of carbonyl (C=O) groups excluding carboxylic acids is 4. The average molecular weight is 425 g/mol. The minimum absolute atomic E-state index is 0.250. The number of rotatable bonds is 8. The zero-order valence-electron chi connectivity index (χ0n) is 17.8. The van der Waals surface area contributed by atoms with Gasteiger partial charge < -0.3 is 15.4 Å². The number of carbonyl (C=O) groups is 4. The summed E-state index contributed by atoms with van der Waals surface area (Å²) in [6.45, 7) is 4.91. The Bertz CT molecular complexity index is 928. The number of urea groups is 1. The molecule has 0 bridgehead atoms. The topological polar surface area (TPSA) is 114 Å². The summed E-state index contributed by atoms with van der Waals surface area (Å²) < 4.78 is 5.01. The largest absolute Gasteiger partial charge is 0.454 e. The van der Waals surface area contributed by atoms with E-state index in [9.17, 15) is 19.2 Å². The van der Waals surface area contributed by atoms with E-state index in [4.69, 9.17) is 4.74 Å². The lowest BCUT2D eigenvalue weighted by atomic mass is 10.0. The molecule has 0 fully saturated rings. The fraction of sp³-hybridized carbons (Fsp3) is 0.304. The predicted octanol–water partition coefficient (Wildman–Crippen LogP) is 2.32. The van der Waals surface area contributed by atoms with Crippen molar-refractivity contribution in [1.29, 1.82) is 0 Å². The summed E-state index contributed by atoms with van der Waals surface area (Å²) in [7, 11) is 0. The molecule has 8 nitrogen and oxygen atoms in total. The zero-order valence-corrected chi connectivity index (χ0v) is 17.8. The van der Waals surface area contributed by atoms with Crippen molar-refractivity contribution in [2.75, 3.05) is 6.61 Å². The van der Waals surface area contributed by atoms with Gasteiger partial charge in [0.2, 0.25) is 0 Å². The number of amides is 4. The van der Waals surface area contributed by atoms with Crippen molar-refractivity contribution in [3.63, 3.8) is 0 Å². The van der Waals surface area contributed by atoms with Crippen LogP contribution in [-0.2, 0) is 20.9 Å². The Balaban J connectivity index is 1.82. The Morgan fingerprint density at radius 1 is 0.935 bits per heavy atom. The first kappa shape index (κ1) is 23.6. The maximum Gasteiger partial charge on any atom is 0.329 e. The van der Waals surface area contributed by atoms with Gasteiger partial charge in [-0.2, -0.15) is 0 Å². The maximum absolute atomic E-state index is 12.5. The van der Waals surface area contributed by atoms with E-state index >= 15 is 0 Å². The molecule has 0 heterocycles. The molecule has 4 amide bonds. The van der Waals surface area contributed by atoms with Crippen LogP contribution >= 0.6 is 0 Å². The van der Waals surface area contributed by atoms with Gasteiger partial charge in [0.15, 0.2) is 6.61 Å². The van der Waals surface area contributed by atoms with Crippen LogP contribution in [0.3, 0.4) is 0 Å². The van der Waals surface area contributed by atoms with Crippen molar-refractivity contribution < 1.29 is 23.9 Å². The second-order valence-electron chi connectivity index (χ2n) is 7.33. The molecule has 0 radical (unpaired) electrons. The van der Waals surface area contributed by atoms with Crippen LogP contribution in [0.1, 0.15) is 35.3 Å². The summed E-state index contributed by atoms with van der Waals surface area (Å²) in [4.78, 5) is 48.6. The van der Waals surface area contributed by atoms with Crippen molar-refractivity contribution in [1.82, 2.24) is 16.0 Å². The van der Waals surface area contributed by atoms with Gasteiger partial charge in [-0.05, 0) is 30.0 Å². The van der Waals surface area contributed by atoms with Crippen LogP contribution in [-0.4, -0.2) is 36.5 Å². The van der Waals surface area contributed by atoms with Gasteiger partial charge in [-0.15, -0.1) is 0 Å². The summed E-state index contributed by atoms with van der Waals surface area (Å²) in [5.41, 5.74) is 2.10. The van der Waals surface area contributed by atoms with Crippen LogP contribution in [0, 0.1) is 12.8 Å². The lowest BCUT2D eigenvalue weighted by Crippen LogP contribution is -2.47. The third-order valence-corrected chi connectivity index (χ3v) is 4.49. The Kier molecular flexibility index (Phi) is 8.75. The van der Waals surface area contributed by atoms with Gasteiger partial charge in [-0.3, -0.25) is 14.9 Å². The highest BCUT2D eigenvalue weighted by molar-refractivity contribution is 5.98. The second kappa shape index (κ2) is 11.5. The van der Waals surface area contributed by atoms with Gasteiger partial charge in [0.05, 0.1) is 0 Å². The molecule has 2 aromatic carbocycles. The van der Waals surface area contributed by atoms with Crippen LogP contribution < -0.4 is 16.0 Å². The minimum atomic E-state index is -0.938. The van der Waals surface area contributed by atoms with Gasteiger partial charge >= 0.3 is 12.0 Å². The molecule has 2 aromatic rings. The molecule has 0 aliphatic rings. The van der Waals surface area contributed by atoms with Gasteiger partial charge in [-0.25, -0.2) is 9.59 Å². The molecule has 0 aliphatic carbocycles. The quantitative estimate of drug-likeness (QED) is 0.562. The Labute approximate surface area is 181 Å². The lowest BCUT2D eigenvalue weighted by Gasteiger charge is -2.21. The van der Waals surface area contributed by atoms with Crippen molar-refractivity contribution in [3.05, 3.63) is 71.3 Å². The molecule has 0 aromatic heterocycles. The fourth-order valence-electron chi connectivity index (χ4n) is 2.76. The van der Waals surface area contributed by atoms with Crippen molar-refractivity contribution in [2.24, 2.45) is 5.92 Å². The van der Waals surface area contributed by atoms with Crippen molar-refractivity contribution in [3.8, 4) is 0 Å². The first-order valence-corrected chi connectivity index (χ1v) is 9.92. The van der Waals surface area contributed by atoms with Crippen LogP contribution in [0.5, 0.6) is 0 Å². The Morgan fingerprint density at radius 3 is 2.23 bits per heavy atom. The number of aryl methyl sites for hydroxylation is 1. The first-order chi connectivity index (χ1) is 14.8. The number of hydrogen-bond acceptors (Lipinski definition) is 5. The van der Waals surface area contributed by atoms with E-state index in [1.807, 2.05) is 36.4 Å². The summed E-state index contributed by atoms with van der Waals surface area (Å²) in [5, 5.41) is 7.29. The standard InChI is InChI=1S/C23H27N3O5/c1-15(2)20(26-21(28)18-12-8-7-9-16(18)3)22(29)31-14-19(27)25-23(30)24-13-17-10-5-4-6-11-17/h4-12,15,20H,13-14H2,1-3H3,(H,26,28)(H2,24,25,27,30)/t20-/m0/s1. The molecule has 8 heteroatoms. The molecule has 1 atom stereocenters. The van der Waals surface area contributed by atoms with Gasteiger partial charge in [-0.1, -0.05) is 62.4 Å². The average Bonchev–Trinajstić information content (AvgIpc) is 2.75. The molecule has 31 heavy (non-hydrogen) atoms. The number of imide groups is 1. The molecule has 0 spiro atoms. The zero-order chi connectivity index (χ0) is 22.8. The number of ether oxygens (including phenoxy) is 1. The third kappa shape index (κ3) is 7.58. The van der Waals surface area contributed by atoms with E-state index in [1.165, 1.54) is 0 Å². The number of benzene rings is 2. The molecule has 0 aliphatic heterocycles. The van der Waals surface area contributed by atoms with E-state index in [0.717, 1.165) is 11.1 Å². The van der Waals surface area contributed by atoms with E-state index < -0.39 is 36.5 Å². The summed E-state index contributed by atoms with van der Waals surface area (Å²) >= 11 is 0. The SMILES string of the molecule is Cc1ccccc1C(=O)N[C@H](C(=O)OCC(=O)NC(=O)NCc1ccccc1)C(C)C. The monoisotopic (exact) mass is 425 g/mol. The molecule has 0 unspecified atom stereocenters. The highest BCUT2D eigenvalue weighted by Gasteiger charge is 2.27. The summed E-state index contributed by atoms with van der Waals surface area (Å²) in [5.74, 6) is -2.19. The van der Waals surface area contributed by atoms with Crippen LogP contribution in [0.15, 0.2) is 54.6 Å². The van der Waals surface area contributed by atoms with E-state index in [1.54, 1.807) is 39.0 Å². The highest BCUT2D eigenvalue weighted by atomic mass is 16.5. The molecule has 164 valence electrons. The number of hydrogen-bond donors (Lipinski definition) is 3. The summed E-state index contributed by atoms with van der Waals surface area (Å²) in [6.07, 6.45) is 0. The minimum Gasteiger partial charge on any atom is -0.454 e. The van der Waals surface area contributed by atoms with E-state index in [2.05, 4.69) is 16.0 Å². The van der Waals surface area contributed by atoms with E-state index in [-0.39, 0.29) is 12.5 Å². The second-order valence-corrected chi connectivity index (χ2v) is 7.33. The van der Waals surface area contributed by atoms with Gasteiger partial charge in [0.1, 0.15) is 6.04 Å². The Morgan fingerprint density at radius 2 is 1.58 bits per heavy atom. The molecular formula is C23H27N3O5. The third-order valence-electron chi connectivity index (χ3n) is 4.49. The van der Waals surface area contributed by atoms with Crippen LogP contribution in [0.4, 0.5) is 4.79 Å². The Hall–Kier alpha value is -3.68. The van der Waals surface area contributed by atoms with Crippen LogP contribution in [0.2, 0.25) is 0 Å². The smallest absolute Gasteiger partial charge is 0.329 e. The molecule has 0 saturated heterocycles. The predicted molar refractivity (Wildman–Crippen MR) is 115 cm³/mol. The van der Waals surface area contributed by atoms with Crippen LogP contribution in [0.25, 0.3) is 0 Å². The normalized spacial score (nSPS) is 11.4. The molecule has 2 rings (SSSR count). The summed E-state index contributed by atoms with van der Waals surface area (Å²) in [6, 6.07) is 14.6. The molecular weight excluding hydrogens is 398 g/mol. The molecule has 0 saturated carbocycles. The van der Waals surface area contributed by atoms with Gasteiger partial charge in [0.25, 0.3) is 11.8 Å². The van der Waals surface area contributed by atoms with Gasteiger partial charge in [0, 0.05) is 12.1 Å². The number of esters is 1. The van der Waals surface area contributed by atoms with Crippen molar-refractivity contribution >= 4 is 23.8 Å². The first-order valence-electron chi connectivity index (χ1n) is 9.92. The lowest BCUT2D eigenvalue weighted by molar-refractivity contribution is -0.151. The van der Waals surface area contributed by atoms with Crippen molar-refractivity contribution in [2.45, 2.75) is 33.4 Å².